The summed E-state index contributed by atoms with van der Waals surface area (Å²) in [6, 6.07) is 11.9. The zero-order chi connectivity index (χ0) is 15.2. The van der Waals surface area contributed by atoms with Crippen molar-refractivity contribution in [3.63, 3.8) is 0 Å². The highest BCUT2D eigenvalue weighted by atomic mass is 16.5. The lowest BCUT2D eigenvalue weighted by molar-refractivity contribution is -0.0353. The number of aromatic nitrogens is 2. The van der Waals surface area contributed by atoms with Crippen LogP contribution in [0.4, 0.5) is 0 Å². The third-order valence-electron chi connectivity index (χ3n) is 3.66. The smallest absolute Gasteiger partial charge is 0.258 e. The zero-order valence-corrected chi connectivity index (χ0v) is 12.3. The summed E-state index contributed by atoms with van der Waals surface area (Å²) in [6.45, 7) is 3.16. The Labute approximate surface area is 129 Å². The molecule has 0 aliphatic carbocycles. The van der Waals surface area contributed by atoms with E-state index < -0.39 is 0 Å². The third-order valence-corrected chi connectivity index (χ3v) is 3.66. The lowest BCUT2D eigenvalue weighted by Crippen LogP contribution is -2.39. The highest BCUT2D eigenvalue weighted by Crippen LogP contribution is 2.23. The van der Waals surface area contributed by atoms with E-state index >= 15 is 0 Å². The van der Waals surface area contributed by atoms with Gasteiger partial charge in [0.25, 0.3) is 5.89 Å². The molecule has 1 saturated heterocycles. The molecule has 1 aliphatic heterocycles. The zero-order valence-electron chi connectivity index (χ0n) is 12.3. The largest absolute Gasteiger partial charge is 0.367 e. The lowest BCUT2D eigenvalue weighted by atomic mass is 10.2. The highest BCUT2D eigenvalue weighted by Gasteiger charge is 2.26. The van der Waals surface area contributed by atoms with Crippen LogP contribution in [0.2, 0.25) is 0 Å². The van der Waals surface area contributed by atoms with E-state index in [1.165, 1.54) is 0 Å². The van der Waals surface area contributed by atoms with Crippen molar-refractivity contribution < 1.29 is 9.26 Å². The molecule has 0 unspecified atom stereocenters. The SMILES string of the molecule is N#CCCCN1CCO[C@H](c2noc(-c3ccccc3)n2)C1. The molecule has 0 amide bonds. The van der Waals surface area contributed by atoms with Gasteiger partial charge in [0.1, 0.15) is 6.10 Å². The molecule has 6 heteroatoms. The fraction of sp³-hybridized carbons (Fsp3) is 0.438. The predicted octanol–water partition coefficient (Wildman–Crippen LogP) is 2.41. The highest BCUT2D eigenvalue weighted by molar-refractivity contribution is 5.52. The van der Waals surface area contributed by atoms with Crippen molar-refractivity contribution in [2.75, 3.05) is 26.2 Å². The minimum absolute atomic E-state index is 0.169. The fourth-order valence-electron chi connectivity index (χ4n) is 2.51. The Kier molecular flexibility index (Phi) is 4.78. The molecule has 1 aromatic carbocycles. The van der Waals surface area contributed by atoms with Crippen LogP contribution >= 0.6 is 0 Å². The van der Waals surface area contributed by atoms with Gasteiger partial charge in [0.2, 0.25) is 5.82 Å². The number of unbranched alkanes of at least 4 members (excludes halogenated alkanes) is 1. The van der Waals surface area contributed by atoms with E-state index in [1.807, 2.05) is 30.3 Å². The minimum atomic E-state index is -0.169. The molecule has 0 spiro atoms. The van der Waals surface area contributed by atoms with E-state index in [0.29, 0.717) is 24.7 Å². The molecule has 0 saturated carbocycles. The molecule has 0 bridgehead atoms. The second kappa shape index (κ2) is 7.16. The Morgan fingerprint density at radius 1 is 1.32 bits per heavy atom. The molecule has 6 nitrogen and oxygen atoms in total. The maximum atomic E-state index is 8.61. The Bertz CT molecular complexity index is 635. The van der Waals surface area contributed by atoms with E-state index in [0.717, 1.165) is 31.6 Å². The lowest BCUT2D eigenvalue weighted by Gasteiger charge is -2.31. The summed E-state index contributed by atoms with van der Waals surface area (Å²) in [5.74, 6) is 1.10. The Morgan fingerprint density at radius 2 is 2.18 bits per heavy atom. The molecule has 1 aliphatic rings. The van der Waals surface area contributed by atoms with Gasteiger partial charge >= 0.3 is 0 Å². The monoisotopic (exact) mass is 298 g/mol. The van der Waals surface area contributed by atoms with Crippen LogP contribution in [0, 0.1) is 11.3 Å². The van der Waals surface area contributed by atoms with Crippen molar-refractivity contribution in [2.24, 2.45) is 0 Å². The van der Waals surface area contributed by atoms with E-state index in [9.17, 15) is 0 Å². The van der Waals surface area contributed by atoms with Gasteiger partial charge < -0.3 is 9.26 Å². The van der Waals surface area contributed by atoms with Gasteiger partial charge in [0.05, 0.1) is 12.7 Å². The normalized spacial score (nSPS) is 19.0. The average Bonchev–Trinajstić information content (AvgIpc) is 3.06. The topological polar surface area (TPSA) is 75.2 Å². The van der Waals surface area contributed by atoms with Crippen molar-refractivity contribution >= 4 is 0 Å². The predicted molar refractivity (Wildman–Crippen MR) is 79.7 cm³/mol. The van der Waals surface area contributed by atoms with Crippen molar-refractivity contribution in [1.82, 2.24) is 15.0 Å². The molecular formula is C16H18N4O2. The third kappa shape index (κ3) is 3.50. The molecule has 3 rings (SSSR count). The number of nitrogens with zero attached hydrogens (tertiary/aromatic N) is 4. The molecule has 2 heterocycles. The van der Waals surface area contributed by atoms with Gasteiger partial charge in [0, 0.05) is 25.1 Å². The number of hydrogen-bond acceptors (Lipinski definition) is 6. The number of hydrogen-bond donors (Lipinski definition) is 0. The van der Waals surface area contributed by atoms with E-state index in [2.05, 4.69) is 21.1 Å². The first-order chi connectivity index (χ1) is 10.9. The van der Waals surface area contributed by atoms with Crippen LogP contribution < -0.4 is 0 Å². The van der Waals surface area contributed by atoms with Gasteiger partial charge in [-0.05, 0) is 25.1 Å². The number of ether oxygens (including phenoxy) is 1. The van der Waals surface area contributed by atoms with E-state index in [4.69, 9.17) is 14.5 Å². The standard InChI is InChI=1S/C16H18N4O2/c17-8-4-5-9-20-10-11-21-14(12-20)15-18-16(22-19-15)13-6-2-1-3-7-13/h1-3,6-7,14H,4-5,9-12H2/t14-/m0/s1. The van der Waals surface area contributed by atoms with Crippen LogP contribution in [-0.2, 0) is 4.74 Å². The molecule has 22 heavy (non-hydrogen) atoms. The number of rotatable bonds is 5. The molecule has 2 aromatic rings. The van der Waals surface area contributed by atoms with Crippen LogP contribution in [0.1, 0.15) is 24.8 Å². The van der Waals surface area contributed by atoms with Crippen LogP contribution in [-0.4, -0.2) is 41.3 Å². The summed E-state index contributed by atoms with van der Waals surface area (Å²) in [7, 11) is 0. The second-order valence-electron chi connectivity index (χ2n) is 5.25. The van der Waals surface area contributed by atoms with Gasteiger partial charge in [-0.15, -0.1) is 0 Å². The maximum Gasteiger partial charge on any atom is 0.258 e. The van der Waals surface area contributed by atoms with Gasteiger partial charge in [-0.1, -0.05) is 23.4 Å². The van der Waals surface area contributed by atoms with Gasteiger partial charge in [0.15, 0.2) is 0 Å². The van der Waals surface area contributed by atoms with Crippen molar-refractivity contribution in [2.45, 2.75) is 18.9 Å². The Balaban J connectivity index is 1.64. The molecular weight excluding hydrogens is 280 g/mol. The molecule has 114 valence electrons. The number of nitriles is 1. The first kappa shape index (κ1) is 14.7. The van der Waals surface area contributed by atoms with Crippen molar-refractivity contribution in [3.8, 4) is 17.5 Å². The van der Waals surface area contributed by atoms with Crippen LogP contribution in [0.5, 0.6) is 0 Å². The molecule has 0 N–H and O–H groups in total. The van der Waals surface area contributed by atoms with Crippen molar-refractivity contribution in [1.29, 1.82) is 5.26 Å². The van der Waals surface area contributed by atoms with E-state index in [1.54, 1.807) is 0 Å². The maximum absolute atomic E-state index is 8.61. The van der Waals surface area contributed by atoms with Gasteiger partial charge in [-0.2, -0.15) is 10.2 Å². The average molecular weight is 298 g/mol. The van der Waals surface area contributed by atoms with Gasteiger partial charge in [-0.3, -0.25) is 4.90 Å². The van der Waals surface area contributed by atoms with Crippen molar-refractivity contribution in [3.05, 3.63) is 36.2 Å². The molecule has 1 fully saturated rings. The van der Waals surface area contributed by atoms with Crippen LogP contribution in [0.25, 0.3) is 11.5 Å². The first-order valence-electron chi connectivity index (χ1n) is 7.47. The number of morpholine rings is 1. The summed E-state index contributed by atoms with van der Waals surface area (Å²) in [5.41, 5.74) is 0.905. The summed E-state index contributed by atoms with van der Waals surface area (Å²) in [6.07, 6.45) is 1.30. The van der Waals surface area contributed by atoms with Crippen LogP contribution in [0.15, 0.2) is 34.9 Å². The molecule has 0 radical (unpaired) electrons. The summed E-state index contributed by atoms with van der Waals surface area (Å²) < 4.78 is 11.1. The van der Waals surface area contributed by atoms with E-state index in [-0.39, 0.29) is 6.10 Å². The summed E-state index contributed by atoms with van der Waals surface area (Å²) >= 11 is 0. The summed E-state index contributed by atoms with van der Waals surface area (Å²) in [4.78, 5) is 6.74. The van der Waals surface area contributed by atoms with Crippen LogP contribution in [0.3, 0.4) is 0 Å². The molecule has 1 aromatic heterocycles. The summed E-state index contributed by atoms with van der Waals surface area (Å²) in [5, 5.41) is 12.7. The fourth-order valence-corrected chi connectivity index (χ4v) is 2.51. The minimum Gasteiger partial charge on any atom is -0.367 e. The Morgan fingerprint density at radius 3 is 3.00 bits per heavy atom. The number of benzene rings is 1. The molecule has 1 atom stereocenters. The first-order valence-corrected chi connectivity index (χ1v) is 7.47. The quantitative estimate of drug-likeness (QED) is 0.789. The van der Waals surface area contributed by atoms with Gasteiger partial charge in [-0.25, -0.2) is 0 Å². The second-order valence-corrected chi connectivity index (χ2v) is 5.25. The Hall–Kier alpha value is -2.23.